The van der Waals surface area contributed by atoms with Crippen LogP contribution < -0.4 is 5.32 Å². The Morgan fingerprint density at radius 3 is 2.24 bits per heavy atom. The molecule has 96 valence electrons. The van der Waals surface area contributed by atoms with Crippen LogP contribution in [-0.4, -0.2) is 13.1 Å². The molecule has 0 amide bonds. The van der Waals surface area contributed by atoms with Crippen LogP contribution in [-0.2, 0) is 0 Å². The van der Waals surface area contributed by atoms with Gasteiger partial charge in [0.2, 0.25) is 0 Å². The number of hydrogen-bond acceptors (Lipinski definition) is 1. The maximum atomic E-state index is 3.57. The Hall–Kier alpha value is -0.820. The molecule has 1 N–H and O–H groups in total. The molecular weight excluding hydrogens is 206 g/mol. The predicted molar refractivity (Wildman–Crippen MR) is 76.3 cm³/mol. The van der Waals surface area contributed by atoms with Gasteiger partial charge in [0, 0.05) is 0 Å². The van der Waals surface area contributed by atoms with Crippen molar-refractivity contribution in [3.05, 3.63) is 35.9 Å². The second-order valence-electron chi connectivity index (χ2n) is 5.53. The van der Waals surface area contributed by atoms with E-state index in [4.69, 9.17) is 0 Å². The van der Waals surface area contributed by atoms with Gasteiger partial charge >= 0.3 is 0 Å². The second kappa shape index (κ2) is 7.50. The van der Waals surface area contributed by atoms with Gasteiger partial charge < -0.3 is 5.32 Å². The highest BCUT2D eigenvalue weighted by Crippen LogP contribution is 2.17. The largest absolute Gasteiger partial charge is 0.316 e. The number of nitrogens with one attached hydrogen (secondary N) is 1. The highest BCUT2D eigenvalue weighted by atomic mass is 14.9. The summed E-state index contributed by atoms with van der Waals surface area (Å²) in [5, 5.41) is 3.57. The molecule has 0 aromatic heterocycles. The van der Waals surface area contributed by atoms with E-state index in [1.807, 2.05) is 0 Å². The molecule has 0 radical (unpaired) electrons. The minimum Gasteiger partial charge on any atom is -0.316 e. The lowest BCUT2D eigenvalue weighted by molar-refractivity contribution is 0.390. The van der Waals surface area contributed by atoms with Crippen molar-refractivity contribution >= 4 is 0 Å². The first kappa shape index (κ1) is 14.2. The number of hydrogen-bond donors (Lipinski definition) is 1. The zero-order valence-corrected chi connectivity index (χ0v) is 11.7. The van der Waals surface area contributed by atoms with E-state index in [9.17, 15) is 0 Å². The van der Waals surface area contributed by atoms with Gasteiger partial charge in [0.05, 0.1) is 0 Å². The topological polar surface area (TPSA) is 12.0 Å². The van der Waals surface area contributed by atoms with Crippen molar-refractivity contribution in [1.29, 1.82) is 0 Å². The third-order valence-corrected chi connectivity index (χ3v) is 3.73. The zero-order valence-electron chi connectivity index (χ0n) is 11.7. The van der Waals surface area contributed by atoms with Crippen molar-refractivity contribution < 1.29 is 0 Å². The molecule has 0 bridgehead atoms. The fraction of sp³-hybridized carbons (Fsp3) is 0.625. The predicted octanol–water partition coefficient (Wildman–Crippen LogP) is 4.06. The quantitative estimate of drug-likeness (QED) is 0.700. The third kappa shape index (κ3) is 5.36. The van der Waals surface area contributed by atoms with Crippen molar-refractivity contribution in [2.75, 3.05) is 13.1 Å². The molecule has 0 spiro atoms. The molecule has 17 heavy (non-hydrogen) atoms. The van der Waals surface area contributed by atoms with E-state index >= 15 is 0 Å². The van der Waals surface area contributed by atoms with Crippen LogP contribution in [0.5, 0.6) is 0 Å². The Kier molecular flexibility index (Phi) is 6.28. The van der Waals surface area contributed by atoms with Crippen LogP contribution in [0, 0.1) is 11.8 Å². The maximum Gasteiger partial charge on any atom is -0.00207 e. The minimum atomic E-state index is 0.651. The van der Waals surface area contributed by atoms with Crippen LogP contribution in [0.25, 0.3) is 0 Å². The molecule has 0 fully saturated rings. The average molecular weight is 233 g/mol. The first-order chi connectivity index (χ1) is 8.11. The van der Waals surface area contributed by atoms with Gasteiger partial charge in [-0.1, -0.05) is 58.0 Å². The highest BCUT2D eigenvalue weighted by Gasteiger charge is 2.07. The van der Waals surface area contributed by atoms with Gasteiger partial charge in [-0.05, 0) is 42.8 Å². The lowest BCUT2D eigenvalue weighted by Crippen LogP contribution is -2.25. The monoisotopic (exact) mass is 233 g/mol. The maximum absolute atomic E-state index is 3.57. The summed E-state index contributed by atoms with van der Waals surface area (Å²) >= 11 is 0. The van der Waals surface area contributed by atoms with Gasteiger partial charge in [-0.25, -0.2) is 0 Å². The summed E-state index contributed by atoms with van der Waals surface area (Å²) < 4.78 is 0. The molecule has 0 saturated carbocycles. The summed E-state index contributed by atoms with van der Waals surface area (Å²) in [6.07, 6.45) is 1.22. The Bertz CT molecular complexity index is 292. The van der Waals surface area contributed by atoms with Gasteiger partial charge in [0.15, 0.2) is 0 Å². The van der Waals surface area contributed by atoms with Crippen LogP contribution in [0.1, 0.15) is 45.6 Å². The summed E-state index contributed by atoms with van der Waals surface area (Å²) in [5.74, 6) is 2.19. The van der Waals surface area contributed by atoms with Crippen LogP contribution in [0.3, 0.4) is 0 Å². The summed E-state index contributed by atoms with van der Waals surface area (Å²) in [6, 6.07) is 10.8. The Labute approximate surface area is 107 Å². The summed E-state index contributed by atoms with van der Waals surface area (Å²) in [4.78, 5) is 0. The van der Waals surface area contributed by atoms with Crippen molar-refractivity contribution in [1.82, 2.24) is 5.32 Å². The Morgan fingerprint density at radius 2 is 1.65 bits per heavy atom. The van der Waals surface area contributed by atoms with E-state index in [2.05, 4.69) is 63.3 Å². The van der Waals surface area contributed by atoms with Crippen LogP contribution in [0.4, 0.5) is 0 Å². The van der Waals surface area contributed by atoms with Crippen molar-refractivity contribution in [3.63, 3.8) is 0 Å². The fourth-order valence-electron chi connectivity index (χ4n) is 1.83. The van der Waals surface area contributed by atoms with Crippen molar-refractivity contribution in [2.24, 2.45) is 11.8 Å². The lowest BCUT2D eigenvalue weighted by Gasteiger charge is -2.17. The van der Waals surface area contributed by atoms with Crippen LogP contribution >= 0.6 is 0 Å². The zero-order chi connectivity index (χ0) is 12.7. The van der Waals surface area contributed by atoms with Crippen molar-refractivity contribution in [2.45, 2.75) is 40.0 Å². The SMILES string of the molecule is CC(CCNCC(C)C(C)C)c1ccccc1. The van der Waals surface area contributed by atoms with Gasteiger partial charge in [-0.3, -0.25) is 0 Å². The lowest BCUT2D eigenvalue weighted by atomic mass is 9.96. The molecule has 1 nitrogen and oxygen atoms in total. The van der Waals surface area contributed by atoms with E-state index in [1.54, 1.807) is 0 Å². The number of benzene rings is 1. The van der Waals surface area contributed by atoms with Gasteiger partial charge in [0.25, 0.3) is 0 Å². The third-order valence-electron chi connectivity index (χ3n) is 3.73. The molecule has 0 heterocycles. The standard InChI is InChI=1S/C16H27N/c1-13(2)15(4)12-17-11-10-14(3)16-8-6-5-7-9-16/h5-9,13-15,17H,10-12H2,1-4H3. The molecule has 0 aliphatic heterocycles. The average Bonchev–Trinajstić information content (AvgIpc) is 2.35. The van der Waals surface area contributed by atoms with Gasteiger partial charge in [0.1, 0.15) is 0 Å². The number of rotatable bonds is 7. The molecule has 2 atom stereocenters. The molecule has 1 aromatic carbocycles. The first-order valence-electron chi connectivity index (χ1n) is 6.87. The Balaban J connectivity index is 2.19. The van der Waals surface area contributed by atoms with E-state index < -0.39 is 0 Å². The van der Waals surface area contributed by atoms with Gasteiger partial charge in [-0.15, -0.1) is 0 Å². The normalized spacial score (nSPS) is 14.9. The molecule has 0 aliphatic carbocycles. The van der Waals surface area contributed by atoms with E-state index in [-0.39, 0.29) is 0 Å². The summed E-state index contributed by atoms with van der Waals surface area (Å²) in [7, 11) is 0. The van der Waals surface area contributed by atoms with E-state index in [1.165, 1.54) is 12.0 Å². The molecule has 1 rings (SSSR count). The molecule has 0 aliphatic rings. The van der Waals surface area contributed by atoms with E-state index in [0.29, 0.717) is 5.92 Å². The van der Waals surface area contributed by atoms with Crippen LogP contribution in [0.15, 0.2) is 30.3 Å². The second-order valence-corrected chi connectivity index (χ2v) is 5.53. The minimum absolute atomic E-state index is 0.651. The highest BCUT2D eigenvalue weighted by molar-refractivity contribution is 5.18. The molecule has 1 heteroatoms. The molecule has 2 unspecified atom stereocenters. The molecule has 0 saturated heterocycles. The van der Waals surface area contributed by atoms with Crippen LogP contribution in [0.2, 0.25) is 0 Å². The summed E-state index contributed by atoms with van der Waals surface area (Å²) in [5.41, 5.74) is 1.45. The van der Waals surface area contributed by atoms with Gasteiger partial charge in [-0.2, -0.15) is 0 Å². The first-order valence-corrected chi connectivity index (χ1v) is 6.87. The fourth-order valence-corrected chi connectivity index (χ4v) is 1.83. The van der Waals surface area contributed by atoms with Crippen molar-refractivity contribution in [3.8, 4) is 0 Å². The summed E-state index contributed by atoms with van der Waals surface area (Å²) in [6.45, 7) is 11.5. The van der Waals surface area contributed by atoms with E-state index in [0.717, 1.165) is 24.9 Å². The smallest absolute Gasteiger partial charge is 0.00207 e. The molecular formula is C16H27N. The molecule has 1 aromatic rings. The Morgan fingerprint density at radius 1 is 1.00 bits per heavy atom.